The Bertz CT molecular complexity index is 343. The van der Waals surface area contributed by atoms with Crippen LogP contribution in [0.1, 0.15) is 18.4 Å². The minimum atomic E-state index is -0.121. The molecule has 1 atom stereocenters. The Morgan fingerprint density at radius 2 is 2.23 bits per heavy atom. The number of rotatable bonds is 2. The van der Waals surface area contributed by atoms with Crippen molar-refractivity contribution in [2.45, 2.75) is 12.8 Å². The first-order chi connectivity index (χ1) is 6.19. The maximum absolute atomic E-state index is 8.76. The van der Waals surface area contributed by atoms with Gasteiger partial charge in [-0.1, -0.05) is 15.9 Å². The molecule has 0 aromatic heterocycles. The number of ether oxygens (including phenoxy) is 1. The van der Waals surface area contributed by atoms with Gasteiger partial charge in [0.25, 0.3) is 0 Å². The molecule has 1 aromatic rings. The van der Waals surface area contributed by atoms with E-state index in [4.69, 9.17) is 10.00 Å². The summed E-state index contributed by atoms with van der Waals surface area (Å²) >= 11 is 3.39. The van der Waals surface area contributed by atoms with E-state index in [1.54, 1.807) is 7.11 Å². The molecule has 0 aliphatic carbocycles. The summed E-state index contributed by atoms with van der Waals surface area (Å²) in [6.45, 7) is 1.86. The maximum atomic E-state index is 8.76. The van der Waals surface area contributed by atoms with Gasteiger partial charge < -0.3 is 4.74 Å². The van der Waals surface area contributed by atoms with Crippen molar-refractivity contribution in [3.05, 3.63) is 28.2 Å². The number of nitriles is 1. The number of hydrogen-bond donors (Lipinski definition) is 0. The van der Waals surface area contributed by atoms with Crippen LogP contribution in [0, 0.1) is 11.3 Å². The van der Waals surface area contributed by atoms with E-state index in [0.717, 1.165) is 15.8 Å². The summed E-state index contributed by atoms with van der Waals surface area (Å²) in [5, 5.41) is 8.76. The second kappa shape index (κ2) is 4.29. The van der Waals surface area contributed by atoms with Crippen molar-refractivity contribution >= 4 is 15.9 Å². The Labute approximate surface area is 86.3 Å². The van der Waals surface area contributed by atoms with Gasteiger partial charge in [-0.05, 0) is 30.7 Å². The minimum absolute atomic E-state index is 0.121. The van der Waals surface area contributed by atoms with Crippen molar-refractivity contribution in [1.82, 2.24) is 0 Å². The summed E-state index contributed by atoms with van der Waals surface area (Å²) in [5.41, 5.74) is 0.960. The molecule has 0 radical (unpaired) electrons. The van der Waals surface area contributed by atoms with Gasteiger partial charge in [-0.25, -0.2) is 0 Å². The van der Waals surface area contributed by atoms with Crippen molar-refractivity contribution in [1.29, 1.82) is 5.26 Å². The van der Waals surface area contributed by atoms with E-state index >= 15 is 0 Å². The fraction of sp³-hybridized carbons (Fsp3) is 0.300. The number of benzene rings is 1. The molecular formula is C10H10BrNO. The number of nitrogens with zero attached hydrogens (tertiary/aromatic N) is 1. The highest BCUT2D eigenvalue weighted by atomic mass is 79.9. The minimum Gasteiger partial charge on any atom is -0.497 e. The molecule has 1 aromatic carbocycles. The molecule has 0 aliphatic rings. The van der Waals surface area contributed by atoms with Crippen molar-refractivity contribution in [2.24, 2.45) is 0 Å². The first-order valence-corrected chi connectivity index (χ1v) is 4.71. The van der Waals surface area contributed by atoms with Gasteiger partial charge in [-0.2, -0.15) is 5.26 Å². The normalized spacial score (nSPS) is 11.8. The van der Waals surface area contributed by atoms with E-state index < -0.39 is 0 Å². The average Bonchev–Trinajstić information content (AvgIpc) is 2.17. The van der Waals surface area contributed by atoms with E-state index in [-0.39, 0.29) is 5.92 Å². The first-order valence-electron chi connectivity index (χ1n) is 3.92. The van der Waals surface area contributed by atoms with Crippen LogP contribution in [0.3, 0.4) is 0 Å². The average molecular weight is 240 g/mol. The first kappa shape index (κ1) is 10.1. The van der Waals surface area contributed by atoms with Crippen LogP contribution in [0.25, 0.3) is 0 Å². The van der Waals surface area contributed by atoms with Gasteiger partial charge in [0, 0.05) is 4.47 Å². The molecule has 3 heteroatoms. The quantitative estimate of drug-likeness (QED) is 0.795. The SMILES string of the molecule is COc1ccc(Br)c(C(C)C#N)c1. The van der Waals surface area contributed by atoms with Gasteiger partial charge in [0.2, 0.25) is 0 Å². The van der Waals surface area contributed by atoms with Crippen molar-refractivity contribution < 1.29 is 4.74 Å². The van der Waals surface area contributed by atoms with Crippen molar-refractivity contribution in [2.75, 3.05) is 7.11 Å². The predicted octanol–water partition coefficient (Wildman–Crippen LogP) is 3.08. The third-order valence-corrected chi connectivity index (χ3v) is 2.59. The van der Waals surface area contributed by atoms with E-state index in [2.05, 4.69) is 22.0 Å². The smallest absolute Gasteiger partial charge is 0.119 e. The van der Waals surface area contributed by atoms with E-state index in [1.165, 1.54) is 0 Å². The summed E-state index contributed by atoms with van der Waals surface area (Å²) in [4.78, 5) is 0. The van der Waals surface area contributed by atoms with Crippen LogP contribution in [-0.2, 0) is 0 Å². The van der Waals surface area contributed by atoms with Gasteiger partial charge in [-0.15, -0.1) is 0 Å². The largest absolute Gasteiger partial charge is 0.497 e. The van der Waals surface area contributed by atoms with E-state index in [0.29, 0.717) is 0 Å². The Hall–Kier alpha value is -1.01. The van der Waals surface area contributed by atoms with Crippen LogP contribution < -0.4 is 4.74 Å². The third-order valence-electron chi connectivity index (χ3n) is 1.86. The number of methoxy groups -OCH3 is 1. The molecule has 1 unspecified atom stereocenters. The standard InChI is InChI=1S/C10H10BrNO/c1-7(6-12)9-5-8(13-2)3-4-10(9)11/h3-5,7H,1-2H3. The lowest BCUT2D eigenvalue weighted by Crippen LogP contribution is -1.92. The molecule has 0 aliphatic heterocycles. The number of halogens is 1. The molecule has 0 N–H and O–H groups in total. The lowest BCUT2D eigenvalue weighted by molar-refractivity contribution is 0.414. The highest BCUT2D eigenvalue weighted by molar-refractivity contribution is 9.10. The van der Waals surface area contributed by atoms with Gasteiger partial charge >= 0.3 is 0 Å². The van der Waals surface area contributed by atoms with Gasteiger partial charge in [0.05, 0.1) is 19.1 Å². The molecule has 2 nitrogen and oxygen atoms in total. The predicted molar refractivity (Wildman–Crippen MR) is 54.7 cm³/mol. The van der Waals surface area contributed by atoms with Crippen LogP contribution in [0.2, 0.25) is 0 Å². The fourth-order valence-electron chi connectivity index (χ4n) is 1.05. The zero-order chi connectivity index (χ0) is 9.84. The third kappa shape index (κ3) is 2.22. The summed E-state index contributed by atoms with van der Waals surface area (Å²) in [6, 6.07) is 7.81. The summed E-state index contributed by atoms with van der Waals surface area (Å²) in [5.74, 6) is 0.657. The van der Waals surface area contributed by atoms with E-state index in [1.807, 2.05) is 25.1 Å². The summed E-state index contributed by atoms with van der Waals surface area (Å²) < 4.78 is 6.02. The Morgan fingerprint density at radius 1 is 1.54 bits per heavy atom. The number of hydrogen-bond acceptors (Lipinski definition) is 2. The summed E-state index contributed by atoms with van der Waals surface area (Å²) in [6.07, 6.45) is 0. The zero-order valence-corrected chi connectivity index (χ0v) is 9.13. The lowest BCUT2D eigenvalue weighted by Gasteiger charge is -2.08. The Kier molecular flexibility index (Phi) is 3.32. The van der Waals surface area contributed by atoms with Crippen LogP contribution >= 0.6 is 15.9 Å². The molecule has 0 amide bonds. The zero-order valence-electron chi connectivity index (χ0n) is 7.54. The van der Waals surface area contributed by atoms with Crippen molar-refractivity contribution in [3.8, 4) is 11.8 Å². The molecule has 1 rings (SSSR count). The highest BCUT2D eigenvalue weighted by Crippen LogP contribution is 2.28. The molecule has 13 heavy (non-hydrogen) atoms. The molecule has 0 fully saturated rings. The molecule has 0 spiro atoms. The van der Waals surface area contributed by atoms with E-state index in [9.17, 15) is 0 Å². The molecule has 0 heterocycles. The maximum Gasteiger partial charge on any atom is 0.119 e. The fourth-order valence-corrected chi connectivity index (χ4v) is 1.64. The second-order valence-electron chi connectivity index (χ2n) is 2.74. The van der Waals surface area contributed by atoms with Gasteiger partial charge in [0.1, 0.15) is 5.75 Å². The van der Waals surface area contributed by atoms with Gasteiger partial charge in [-0.3, -0.25) is 0 Å². The van der Waals surface area contributed by atoms with Crippen molar-refractivity contribution in [3.63, 3.8) is 0 Å². The van der Waals surface area contributed by atoms with Crippen LogP contribution in [-0.4, -0.2) is 7.11 Å². The Morgan fingerprint density at radius 3 is 2.77 bits per heavy atom. The molecule has 0 saturated carbocycles. The molecule has 0 bridgehead atoms. The molecule has 68 valence electrons. The Balaban J connectivity index is 3.12. The van der Waals surface area contributed by atoms with Crippen LogP contribution in [0.15, 0.2) is 22.7 Å². The summed E-state index contributed by atoms with van der Waals surface area (Å²) in [7, 11) is 1.62. The van der Waals surface area contributed by atoms with Crippen LogP contribution in [0.4, 0.5) is 0 Å². The highest BCUT2D eigenvalue weighted by Gasteiger charge is 2.08. The van der Waals surface area contributed by atoms with Crippen LogP contribution in [0.5, 0.6) is 5.75 Å². The van der Waals surface area contributed by atoms with Gasteiger partial charge in [0.15, 0.2) is 0 Å². The molecular weight excluding hydrogens is 230 g/mol. The molecule has 0 saturated heterocycles. The second-order valence-corrected chi connectivity index (χ2v) is 3.59. The lowest BCUT2D eigenvalue weighted by atomic mass is 10.0. The topological polar surface area (TPSA) is 33.0 Å². The monoisotopic (exact) mass is 239 g/mol.